The van der Waals surface area contributed by atoms with Crippen LogP contribution in [-0.4, -0.2) is 46.2 Å². The number of nitrogens with one attached hydrogen (secondary N) is 1. The summed E-state index contributed by atoms with van der Waals surface area (Å²) < 4.78 is 6.59. The van der Waals surface area contributed by atoms with Crippen molar-refractivity contribution in [3.8, 4) is 5.75 Å². The van der Waals surface area contributed by atoms with Crippen LogP contribution >= 0.6 is 68.5 Å². The van der Waals surface area contributed by atoms with E-state index in [1.807, 2.05) is 45.2 Å². The highest BCUT2D eigenvalue weighted by Crippen LogP contribution is 2.35. The number of carbonyl (C=O) groups excluding carboxylic acids is 3. The molecule has 0 spiro atoms. The molecule has 1 aliphatic rings. The summed E-state index contributed by atoms with van der Waals surface area (Å²) in [6, 6.07) is 10.1. The van der Waals surface area contributed by atoms with Gasteiger partial charge in [-0.2, -0.15) is 0 Å². The van der Waals surface area contributed by atoms with E-state index in [-0.39, 0.29) is 4.91 Å². The molecule has 0 aromatic heterocycles. The molecule has 2 N–H and O–H groups in total. The molecule has 166 valence electrons. The van der Waals surface area contributed by atoms with Gasteiger partial charge >= 0.3 is 5.97 Å². The Balaban J connectivity index is 1.73. The second-order valence-electron chi connectivity index (χ2n) is 6.29. The van der Waals surface area contributed by atoms with E-state index in [0.717, 1.165) is 16.7 Å². The van der Waals surface area contributed by atoms with Crippen molar-refractivity contribution in [3.63, 3.8) is 0 Å². The standard InChI is InChI=1S/C20H13ClI2N2O6S/c21-11-3-1-2-4-14(11)24-16(26)8-25-19(29)15(32-20(25)30)7-10-5-12(22)18(13(23)6-10)31-9-17(27)28/h1-7H,8-9H2,(H,24,26)(H,27,28)/b15-7+. The van der Waals surface area contributed by atoms with Crippen molar-refractivity contribution in [2.45, 2.75) is 0 Å². The molecule has 3 amide bonds. The first-order valence-electron chi connectivity index (χ1n) is 8.79. The van der Waals surface area contributed by atoms with E-state index in [2.05, 4.69) is 5.32 Å². The highest BCUT2D eigenvalue weighted by atomic mass is 127. The molecule has 0 saturated carbocycles. The van der Waals surface area contributed by atoms with E-state index < -0.39 is 36.2 Å². The van der Waals surface area contributed by atoms with Crippen molar-refractivity contribution in [3.05, 3.63) is 59.0 Å². The summed E-state index contributed by atoms with van der Waals surface area (Å²) in [5.74, 6) is -1.79. The van der Waals surface area contributed by atoms with Crippen LogP contribution < -0.4 is 10.1 Å². The smallest absolute Gasteiger partial charge is 0.341 e. The highest BCUT2D eigenvalue weighted by molar-refractivity contribution is 14.1. The van der Waals surface area contributed by atoms with Gasteiger partial charge in [0.25, 0.3) is 11.1 Å². The van der Waals surface area contributed by atoms with Crippen molar-refractivity contribution in [2.75, 3.05) is 18.5 Å². The molecule has 32 heavy (non-hydrogen) atoms. The summed E-state index contributed by atoms with van der Waals surface area (Å²) in [7, 11) is 0. The summed E-state index contributed by atoms with van der Waals surface area (Å²) in [6.07, 6.45) is 1.54. The molecule has 2 aromatic rings. The van der Waals surface area contributed by atoms with Crippen LogP contribution in [0.15, 0.2) is 41.3 Å². The predicted molar refractivity (Wildman–Crippen MR) is 138 cm³/mol. The van der Waals surface area contributed by atoms with Crippen molar-refractivity contribution < 1.29 is 29.0 Å². The third-order valence-corrected chi connectivity index (χ3v) is 6.82. The molecule has 0 unspecified atom stereocenters. The lowest BCUT2D eigenvalue weighted by Gasteiger charge is -2.13. The Morgan fingerprint density at radius 1 is 1.19 bits per heavy atom. The molecular weight excluding hydrogens is 686 g/mol. The fraction of sp³-hybridized carbons (Fsp3) is 0.100. The summed E-state index contributed by atoms with van der Waals surface area (Å²) in [4.78, 5) is 49.1. The van der Waals surface area contributed by atoms with Crippen LogP contribution in [0, 0.1) is 7.14 Å². The average molecular weight is 699 g/mol. The number of nitrogens with zero attached hydrogens (tertiary/aromatic N) is 1. The fourth-order valence-corrected chi connectivity index (χ4v) is 5.77. The molecule has 12 heteroatoms. The van der Waals surface area contributed by atoms with E-state index in [1.165, 1.54) is 0 Å². The van der Waals surface area contributed by atoms with Crippen molar-refractivity contribution >= 4 is 103 Å². The number of carbonyl (C=O) groups is 4. The van der Waals surface area contributed by atoms with E-state index in [0.29, 0.717) is 29.2 Å². The quantitative estimate of drug-likeness (QED) is 0.319. The highest BCUT2D eigenvalue weighted by Gasteiger charge is 2.36. The molecular formula is C20H13ClI2N2O6S. The summed E-state index contributed by atoms with van der Waals surface area (Å²) in [5, 5.41) is 11.2. The van der Waals surface area contributed by atoms with Gasteiger partial charge in [-0.15, -0.1) is 0 Å². The molecule has 0 bridgehead atoms. The molecule has 1 saturated heterocycles. The summed E-state index contributed by atoms with van der Waals surface area (Å²) in [5.41, 5.74) is 1.02. The molecule has 1 heterocycles. The predicted octanol–water partition coefficient (Wildman–Crippen LogP) is 4.69. The SMILES string of the molecule is O=C(O)COc1c(I)cc(/C=C2/SC(=O)N(CC(=O)Nc3ccccc3Cl)C2=O)cc1I. The van der Waals surface area contributed by atoms with Gasteiger partial charge in [-0.3, -0.25) is 19.3 Å². The molecule has 1 fully saturated rings. The molecule has 0 aliphatic carbocycles. The Bertz CT molecular complexity index is 1130. The van der Waals surface area contributed by atoms with Crippen LogP contribution in [0.3, 0.4) is 0 Å². The van der Waals surface area contributed by atoms with Crippen LogP contribution in [0.5, 0.6) is 5.75 Å². The number of anilines is 1. The number of benzene rings is 2. The van der Waals surface area contributed by atoms with Gasteiger partial charge in [0.05, 0.1) is 22.8 Å². The Morgan fingerprint density at radius 3 is 2.47 bits per heavy atom. The first-order valence-corrected chi connectivity index (χ1v) is 12.1. The normalized spacial score (nSPS) is 14.7. The minimum absolute atomic E-state index is 0.173. The zero-order valence-corrected chi connectivity index (χ0v) is 21.8. The van der Waals surface area contributed by atoms with Gasteiger partial charge < -0.3 is 15.2 Å². The topological polar surface area (TPSA) is 113 Å². The van der Waals surface area contributed by atoms with E-state index in [1.54, 1.807) is 42.5 Å². The van der Waals surface area contributed by atoms with Gasteiger partial charge in [-0.05, 0) is 92.8 Å². The van der Waals surface area contributed by atoms with E-state index in [9.17, 15) is 19.2 Å². The number of thioether (sulfide) groups is 1. The zero-order chi connectivity index (χ0) is 23.4. The maximum absolute atomic E-state index is 12.7. The number of carboxylic acids is 1. The first kappa shape index (κ1) is 24.8. The lowest BCUT2D eigenvalue weighted by atomic mass is 10.2. The van der Waals surface area contributed by atoms with Gasteiger partial charge in [-0.1, -0.05) is 23.7 Å². The maximum atomic E-state index is 12.7. The Labute approximate surface area is 219 Å². The third-order valence-electron chi connectivity index (χ3n) is 3.98. The summed E-state index contributed by atoms with van der Waals surface area (Å²) in [6.45, 7) is -0.912. The summed E-state index contributed by atoms with van der Waals surface area (Å²) >= 11 is 10.8. The first-order chi connectivity index (χ1) is 15.2. The van der Waals surface area contributed by atoms with Gasteiger partial charge in [0.15, 0.2) is 6.61 Å². The number of ether oxygens (including phenoxy) is 1. The number of rotatable bonds is 7. The number of amides is 3. The van der Waals surface area contributed by atoms with Crippen molar-refractivity contribution in [1.82, 2.24) is 4.90 Å². The van der Waals surface area contributed by atoms with Gasteiger partial charge in [0.1, 0.15) is 12.3 Å². The van der Waals surface area contributed by atoms with Crippen molar-refractivity contribution in [1.29, 1.82) is 0 Å². The van der Waals surface area contributed by atoms with E-state index >= 15 is 0 Å². The zero-order valence-electron chi connectivity index (χ0n) is 15.9. The number of para-hydroxylation sites is 1. The molecule has 8 nitrogen and oxygen atoms in total. The number of imide groups is 1. The van der Waals surface area contributed by atoms with Gasteiger partial charge in [0, 0.05) is 0 Å². The maximum Gasteiger partial charge on any atom is 0.341 e. The Morgan fingerprint density at radius 2 is 1.84 bits per heavy atom. The molecule has 2 aromatic carbocycles. The Hall–Kier alpha value is -1.84. The minimum Gasteiger partial charge on any atom is -0.480 e. The van der Waals surface area contributed by atoms with Crippen LogP contribution in [0.4, 0.5) is 10.5 Å². The molecule has 0 atom stereocenters. The number of aliphatic carboxylic acids is 1. The second-order valence-corrected chi connectivity index (χ2v) is 10.0. The molecule has 0 radical (unpaired) electrons. The van der Waals surface area contributed by atoms with Gasteiger partial charge in [0.2, 0.25) is 5.91 Å². The van der Waals surface area contributed by atoms with Crippen molar-refractivity contribution in [2.24, 2.45) is 0 Å². The van der Waals surface area contributed by atoms with Crippen LogP contribution in [0.1, 0.15) is 5.56 Å². The average Bonchev–Trinajstić information content (AvgIpc) is 2.96. The number of halogens is 3. The van der Waals surface area contributed by atoms with Crippen LogP contribution in [0.25, 0.3) is 6.08 Å². The molecule has 3 rings (SSSR count). The van der Waals surface area contributed by atoms with Crippen LogP contribution in [0.2, 0.25) is 5.02 Å². The van der Waals surface area contributed by atoms with E-state index in [4.69, 9.17) is 21.4 Å². The van der Waals surface area contributed by atoms with Crippen LogP contribution in [-0.2, 0) is 14.4 Å². The lowest BCUT2D eigenvalue weighted by Crippen LogP contribution is -2.36. The number of carboxylic acid groups (broad SMARTS) is 1. The molecule has 1 aliphatic heterocycles. The third kappa shape index (κ3) is 6.14. The largest absolute Gasteiger partial charge is 0.480 e. The number of hydrogen-bond acceptors (Lipinski definition) is 6. The number of hydrogen-bond donors (Lipinski definition) is 2. The van der Waals surface area contributed by atoms with Gasteiger partial charge in [-0.25, -0.2) is 4.79 Å². The second kappa shape index (κ2) is 10.9. The lowest BCUT2D eigenvalue weighted by molar-refractivity contribution is -0.139. The fourth-order valence-electron chi connectivity index (χ4n) is 2.62. The minimum atomic E-state index is -1.09. The Kier molecular flexibility index (Phi) is 8.41. The monoisotopic (exact) mass is 698 g/mol.